The molecule has 0 unspecified atom stereocenters. The Hall–Kier alpha value is -1.67. The van der Waals surface area contributed by atoms with Gasteiger partial charge in [0.15, 0.2) is 11.5 Å². The second-order valence-electron chi connectivity index (χ2n) is 2.86. The van der Waals surface area contributed by atoms with Crippen LogP contribution in [0.3, 0.4) is 0 Å². The van der Waals surface area contributed by atoms with Gasteiger partial charge in [0.2, 0.25) is 0 Å². The standard InChI is InChI=1S/C8H9N5/c9-3-7-8(12-2-1-11-7)13-6-4-10-5-6/h1-2,6,10H,4-5H2,(H,12,13). The summed E-state index contributed by atoms with van der Waals surface area (Å²) < 4.78 is 0. The summed E-state index contributed by atoms with van der Waals surface area (Å²) in [4.78, 5) is 7.95. The first-order valence-electron chi connectivity index (χ1n) is 4.08. The van der Waals surface area contributed by atoms with Gasteiger partial charge in [-0.05, 0) is 0 Å². The van der Waals surface area contributed by atoms with E-state index in [0.29, 0.717) is 17.6 Å². The molecule has 0 aromatic carbocycles. The monoisotopic (exact) mass is 175 g/mol. The van der Waals surface area contributed by atoms with Crippen molar-refractivity contribution in [3.63, 3.8) is 0 Å². The van der Waals surface area contributed by atoms with Crippen LogP contribution in [0.2, 0.25) is 0 Å². The third kappa shape index (κ3) is 1.58. The molecule has 2 N–H and O–H groups in total. The largest absolute Gasteiger partial charge is 0.362 e. The minimum absolute atomic E-state index is 0.356. The van der Waals surface area contributed by atoms with Crippen LogP contribution in [0.4, 0.5) is 5.82 Å². The van der Waals surface area contributed by atoms with Crippen LogP contribution >= 0.6 is 0 Å². The van der Waals surface area contributed by atoms with E-state index in [4.69, 9.17) is 5.26 Å². The Bertz CT molecular complexity index is 339. The molecular formula is C8H9N5. The van der Waals surface area contributed by atoms with Gasteiger partial charge in [-0.3, -0.25) is 0 Å². The van der Waals surface area contributed by atoms with Gasteiger partial charge in [0.1, 0.15) is 6.07 Å². The van der Waals surface area contributed by atoms with Crippen LogP contribution in [-0.4, -0.2) is 29.1 Å². The van der Waals surface area contributed by atoms with Gasteiger partial charge >= 0.3 is 0 Å². The third-order valence-electron chi connectivity index (χ3n) is 1.93. The number of aromatic nitrogens is 2. The van der Waals surface area contributed by atoms with Gasteiger partial charge in [-0.2, -0.15) is 5.26 Å². The lowest BCUT2D eigenvalue weighted by Crippen LogP contribution is -2.51. The Morgan fingerprint density at radius 3 is 2.85 bits per heavy atom. The zero-order valence-corrected chi connectivity index (χ0v) is 6.99. The molecule has 66 valence electrons. The topological polar surface area (TPSA) is 73.6 Å². The van der Waals surface area contributed by atoms with E-state index in [9.17, 15) is 0 Å². The van der Waals surface area contributed by atoms with Crippen molar-refractivity contribution in [3.8, 4) is 6.07 Å². The van der Waals surface area contributed by atoms with Crippen LogP contribution in [-0.2, 0) is 0 Å². The van der Waals surface area contributed by atoms with Crippen molar-refractivity contribution in [1.82, 2.24) is 15.3 Å². The molecule has 1 aliphatic heterocycles. The molecule has 2 rings (SSSR count). The third-order valence-corrected chi connectivity index (χ3v) is 1.93. The fourth-order valence-corrected chi connectivity index (χ4v) is 1.11. The van der Waals surface area contributed by atoms with E-state index in [0.717, 1.165) is 13.1 Å². The van der Waals surface area contributed by atoms with Gasteiger partial charge in [-0.15, -0.1) is 0 Å². The molecule has 1 aliphatic rings. The fourth-order valence-electron chi connectivity index (χ4n) is 1.11. The van der Waals surface area contributed by atoms with Crippen LogP contribution in [0.15, 0.2) is 12.4 Å². The fraction of sp³-hybridized carbons (Fsp3) is 0.375. The SMILES string of the molecule is N#Cc1nccnc1NC1CNC1. The number of nitrogens with zero attached hydrogens (tertiary/aromatic N) is 3. The van der Waals surface area contributed by atoms with Crippen LogP contribution in [0, 0.1) is 11.3 Å². The lowest BCUT2D eigenvalue weighted by Gasteiger charge is -2.28. The van der Waals surface area contributed by atoms with Gasteiger partial charge in [-0.1, -0.05) is 0 Å². The minimum atomic E-state index is 0.356. The first-order valence-corrected chi connectivity index (χ1v) is 4.08. The Morgan fingerprint density at radius 2 is 2.23 bits per heavy atom. The maximum absolute atomic E-state index is 8.71. The first-order chi connectivity index (χ1) is 6.40. The Kier molecular flexibility index (Phi) is 2.06. The normalized spacial score (nSPS) is 15.9. The summed E-state index contributed by atoms with van der Waals surface area (Å²) in [6, 6.07) is 2.37. The minimum Gasteiger partial charge on any atom is -0.362 e. The lowest BCUT2D eigenvalue weighted by molar-refractivity contribution is 0.471. The summed E-state index contributed by atoms with van der Waals surface area (Å²) >= 11 is 0. The number of nitrogens with one attached hydrogen (secondary N) is 2. The number of hydrogen-bond acceptors (Lipinski definition) is 5. The Morgan fingerprint density at radius 1 is 1.46 bits per heavy atom. The van der Waals surface area contributed by atoms with Crippen molar-refractivity contribution < 1.29 is 0 Å². The van der Waals surface area contributed by atoms with E-state index in [1.807, 2.05) is 6.07 Å². The maximum Gasteiger partial charge on any atom is 0.182 e. The van der Waals surface area contributed by atoms with E-state index < -0.39 is 0 Å². The molecule has 0 atom stereocenters. The van der Waals surface area contributed by atoms with E-state index in [2.05, 4.69) is 20.6 Å². The van der Waals surface area contributed by atoms with Gasteiger partial charge in [0.05, 0.1) is 6.04 Å². The van der Waals surface area contributed by atoms with Gasteiger partial charge < -0.3 is 10.6 Å². The molecule has 0 amide bonds. The number of rotatable bonds is 2. The molecule has 1 fully saturated rings. The molecule has 13 heavy (non-hydrogen) atoms. The van der Waals surface area contributed by atoms with Crippen molar-refractivity contribution in [2.75, 3.05) is 18.4 Å². The van der Waals surface area contributed by atoms with Gasteiger partial charge in [-0.25, -0.2) is 9.97 Å². The zero-order valence-electron chi connectivity index (χ0n) is 6.99. The molecule has 0 radical (unpaired) electrons. The molecule has 5 nitrogen and oxygen atoms in total. The summed E-state index contributed by atoms with van der Waals surface area (Å²) in [6.07, 6.45) is 3.10. The predicted molar refractivity (Wildman–Crippen MR) is 47.0 cm³/mol. The molecule has 1 aromatic rings. The molecule has 0 saturated carbocycles. The van der Waals surface area contributed by atoms with Crippen molar-refractivity contribution in [3.05, 3.63) is 18.1 Å². The summed E-state index contributed by atoms with van der Waals surface area (Å²) in [5, 5.41) is 15.0. The summed E-state index contributed by atoms with van der Waals surface area (Å²) in [5.74, 6) is 0.580. The highest BCUT2D eigenvalue weighted by Crippen LogP contribution is 2.09. The van der Waals surface area contributed by atoms with Crippen molar-refractivity contribution in [1.29, 1.82) is 5.26 Å². The average Bonchev–Trinajstić information content (AvgIpc) is 2.12. The number of nitriles is 1. The summed E-state index contributed by atoms with van der Waals surface area (Å²) in [6.45, 7) is 1.84. The Balaban J connectivity index is 2.14. The van der Waals surface area contributed by atoms with Crippen molar-refractivity contribution in [2.45, 2.75) is 6.04 Å². The van der Waals surface area contributed by atoms with Gasteiger partial charge in [0, 0.05) is 25.5 Å². The highest BCUT2D eigenvalue weighted by atomic mass is 15.1. The van der Waals surface area contributed by atoms with Crippen LogP contribution in [0.25, 0.3) is 0 Å². The highest BCUT2D eigenvalue weighted by molar-refractivity contribution is 5.47. The molecule has 0 aliphatic carbocycles. The van der Waals surface area contributed by atoms with Crippen LogP contribution in [0.1, 0.15) is 5.69 Å². The second-order valence-corrected chi connectivity index (χ2v) is 2.86. The highest BCUT2D eigenvalue weighted by Gasteiger charge is 2.18. The summed E-state index contributed by atoms with van der Waals surface area (Å²) in [5.41, 5.74) is 0.356. The molecule has 0 bridgehead atoms. The molecule has 1 aromatic heterocycles. The molecular weight excluding hydrogens is 166 g/mol. The summed E-state index contributed by atoms with van der Waals surface area (Å²) in [7, 11) is 0. The van der Waals surface area contributed by atoms with Gasteiger partial charge in [0.25, 0.3) is 0 Å². The molecule has 5 heteroatoms. The smallest absolute Gasteiger partial charge is 0.182 e. The first kappa shape index (κ1) is 7.95. The number of hydrogen-bond donors (Lipinski definition) is 2. The average molecular weight is 175 g/mol. The van der Waals surface area contributed by atoms with E-state index >= 15 is 0 Å². The molecule has 0 spiro atoms. The number of anilines is 1. The molecule has 1 saturated heterocycles. The van der Waals surface area contributed by atoms with Crippen LogP contribution < -0.4 is 10.6 Å². The van der Waals surface area contributed by atoms with E-state index in [1.54, 1.807) is 6.20 Å². The second kappa shape index (κ2) is 3.37. The Labute approximate surface area is 75.8 Å². The molecule has 2 heterocycles. The van der Waals surface area contributed by atoms with E-state index in [-0.39, 0.29) is 0 Å². The quantitative estimate of drug-likeness (QED) is 0.647. The maximum atomic E-state index is 8.71. The lowest BCUT2D eigenvalue weighted by atomic mass is 10.2. The van der Waals surface area contributed by atoms with Crippen molar-refractivity contribution >= 4 is 5.82 Å². The van der Waals surface area contributed by atoms with Crippen LogP contribution in [0.5, 0.6) is 0 Å². The predicted octanol–water partition coefficient (Wildman–Crippen LogP) is -0.268. The van der Waals surface area contributed by atoms with Crippen molar-refractivity contribution in [2.24, 2.45) is 0 Å². The zero-order chi connectivity index (χ0) is 9.10. The van der Waals surface area contributed by atoms with E-state index in [1.165, 1.54) is 6.20 Å².